The second kappa shape index (κ2) is 3.79. The van der Waals surface area contributed by atoms with Crippen LogP contribution >= 0.6 is 0 Å². The molecule has 16 heavy (non-hydrogen) atoms. The van der Waals surface area contributed by atoms with E-state index in [-0.39, 0.29) is 5.56 Å². The quantitative estimate of drug-likeness (QED) is 0.429. The SMILES string of the molecule is Cc1c(C(=O)NO)c(=O)oc2ccccc12. The highest BCUT2D eigenvalue weighted by Crippen LogP contribution is 2.18. The van der Waals surface area contributed by atoms with Gasteiger partial charge in [0.1, 0.15) is 11.1 Å². The van der Waals surface area contributed by atoms with Crippen LogP contribution in [0.5, 0.6) is 0 Å². The first-order valence-electron chi connectivity index (χ1n) is 4.62. The number of hydroxylamine groups is 1. The molecule has 0 saturated carbocycles. The Labute approximate surface area is 90.3 Å². The third kappa shape index (κ3) is 1.47. The van der Waals surface area contributed by atoms with Gasteiger partial charge in [-0.2, -0.15) is 0 Å². The average Bonchev–Trinajstić information content (AvgIpc) is 2.28. The molecule has 0 unspecified atom stereocenters. The molecule has 2 rings (SSSR count). The van der Waals surface area contributed by atoms with Crippen LogP contribution in [-0.4, -0.2) is 11.1 Å². The molecule has 0 atom stereocenters. The molecule has 0 aliphatic rings. The maximum absolute atomic E-state index is 11.5. The summed E-state index contributed by atoms with van der Waals surface area (Å²) in [6.45, 7) is 1.63. The minimum absolute atomic E-state index is 0.179. The Morgan fingerprint density at radius 1 is 1.38 bits per heavy atom. The fraction of sp³-hybridized carbons (Fsp3) is 0.0909. The smallest absolute Gasteiger partial charge is 0.349 e. The lowest BCUT2D eigenvalue weighted by Crippen LogP contribution is -2.26. The first kappa shape index (κ1) is 10.4. The van der Waals surface area contributed by atoms with E-state index in [0.717, 1.165) is 0 Å². The average molecular weight is 219 g/mol. The molecule has 1 aromatic heterocycles. The summed E-state index contributed by atoms with van der Waals surface area (Å²) in [7, 11) is 0. The number of nitrogens with one attached hydrogen (secondary N) is 1. The molecule has 0 aliphatic carbocycles. The molecule has 0 radical (unpaired) electrons. The van der Waals surface area contributed by atoms with E-state index in [1.165, 1.54) is 5.48 Å². The normalized spacial score (nSPS) is 10.4. The third-order valence-electron chi connectivity index (χ3n) is 2.40. The van der Waals surface area contributed by atoms with Gasteiger partial charge < -0.3 is 4.42 Å². The number of amides is 1. The number of aryl methyl sites for hydroxylation is 1. The highest BCUT2D eigenvalue weighted by molar-refractivity contribution is 5.98. The van der Waals surface area contributed by atoms with Crippen molar-refractivity contribution >= 4 is 16.9 Å². The van der Waals surface area contributed by atoms with Crippen LogP contribution in [0.3, 0.4) is 0 Å². The number of carbonyl (C=O) groups is 1. The summed E-state index contributed by atoms with van der Waals surface area (Å²) in [6.07, 6.45) is 0. The van der Waals surface area contributed by atoms with Gasteiger partial charge in [-0.1, -0.05) is 18.2 Å². The molecular weight excluding hydrogens is 210 g/mol. The molecule has 0 spiro atoms. The van der Waals surface area contributed by atoms with Gasteiger partial charge in [-0.25, -0.2) is 10.3 Å². The molecule has 82 valence electrons. The second-order valence-corrected chi connectivity index (χ2v) is 3.33. The van der Waals surface area contributed by atoms with Crippen LogP contribution in [0, 0.1) is 6.92 Å². The molecule has 1 heterocycles. The number of benzene rings is 1. The van der Waals surface area contributed by atoms with Crippen molar-refractivity contribution in [3.05, 3.63) is 45.8 Å². The fourth-order valence-electron chi connectivity index (χ4n) is 1.62. The van der Waals surface area contributed by atoms with E-state index in [0.29, 0.717) is 16.5 Å². The van der Waals surface area contributed by atoms with Crippen molar-refractivity contribution < 1.29 is 14.4 Å². The molecule has 2 N–H and O–H groups in total. The van der Waals surface area contributed by atoms with Crippen LogP contribution < -0.4 is 11.1 Å². The highest BCUT2D eigenvalue weighted by Gasteiger charge is 2.17. The van der Waals surface area contributed by atoms with Crippen LogP contribution in [-0.2, 0) is 0 Å². The van der Waals surface area contributed by atoms with Gasteiger partial charge >= 0.3 is 5.63 Å². The van der Waals surface area contributed by atoms with E-state index in [1.807, 2.05) is 0 Å². The lowest BCUT2D eigenvalue weighted by molar-refractivity contribution is 0.0701. The van der Waals surface area contributed by atoms with Crippen molar-refractivity contribution in [2.45, 2.75) is 6.92 Å². The zero-order valence-electron chi connectivity index (χ0n) is 8.48. The summed E-state index contributed by atoms with van der Waals surface area (Å²) in [5.74, 6) is -0.864. The van der Waals surface area contributed by atoms with Gasteiger partial charge in [0.25, 0.3) is 5.91 Å². The third-order valence-corrected chi connectivity index (χ3v) is 2.40. The monoisotopic (exact) mass is 219 g/mol. The van der Waals surface area contributed by atoms with Gasteiger partial charge in [0, 0.05) is 5.39 Å². The molecule has 2 aromatic rings. The summed E-state index contributed by atoms with van der Waals surface area (Å²) < 4.78 is 4.97. The summed E-state index contributed by atoms with van der Waals surface area (Å²) in [6, 6.07) is 6.89. The molecule has 0 bridgehead atoms. The summed E-state index contributed by atoms with van der Waals surface area (Å²) in [5, 5.41) is 9.20. The fourth-order valence-corrected chi connectivity index (χ4v) is 1.62. The van der Waals surface area contributed by atoms with Crippen molar-refractivity contribution in [1.29, 1.82) is 0 Å². The predicted molar refractivity (Wildman–Crippen MR) is 56.5 cm³/mol. The Kier molecular flexibility index (Phi) is 2.46. The van der Waals surface area contributed by atoms with E-state index in [1.54, 1.807) is 31.2 Å². The van der Waals surface area contributed by atoms with Gasteiger partial charge in [-0.3, -0.25) is 10.0 Å². The van der Waals surface area contributed by atoms with Gasteiger partial charge in [0.15, 0.2) is 0 Å². The minimum Gasteiger partial charge on any atom is -0.422 e. The Hall–Kier alpha value is -2.14. The number of hydrogen-bond donors (Lipinski definition) is 2. The van der Waals surface area contributed by atoms with Crippen molar-refractivity contribution in [3.8, 4) is 0 Å². The van der Waals surface area contributed by atoms with E-state index < -0.39 is 11.5 Å². The Balaban J connectivity index is 2.86. The molecule has 0 saturated heterocycles. The lowest BCUT2D eigenvalue weighted by Gasteiger charge is -2.05. The van der Waals surface area contributed by atoms with Crippen LogP contribution in [0.2, 0.25) is 0 Å². The number of para-hydroxylation sites is 1. The highest BCUT2D eigenvalue weighted by atomic mass is 16.5. The minimum atomic E-state index is -0.864. The van der Waals surface area contributed by atoms with E-state index in [4.69, 9.17) is 9.62 Å². The van der Waals surface area contributed by atoms with Gasteiger partial charge in [0.05, 0.1) is 0 Å². The molecule has 0 aliphatic heterocycles. The topological polar surface area (TPSA) is 79.5 Å². The van der Waals surface area contributed by atoms with E-state index >= 15 is 0 Å². The molecular formula is C11H9NO4. The maximum atomic E-state index is 11.5. The van der Waals surface area contributed by atoms with Gasteiger partial charge in [-0.15, -0.1) is 0 Å². The van der Waals surface area contributed by atoms with Crippen molar-refractivity contribution in [2.24, 2.45) is 0 Å². The standard InChI is InChI=1S/C11H9NO4/c1-6-7-4-2-3-5-8(7)16-11(14)9(6)10(13)12-15/h2-5,15H,1H3,(H,12,13). The Morgan fingerprint density at radius 3 is 2.75 bits per heavy atom. The van der Waals surface area contributed by atoms with Crippen LogP contribution in [0.25, 0.3) is 11.0 Å². The Morgan fingerprint density at radius 2 is 2.06 bits per heavy atom. The van der Waals surface area contributed by atoms with Crippen molar-refractivity contribution in [3.63, 3.8) is 0 Å². The first-order valence-corrected chi connectivity index (χ1v) is 4.62. The molecule has 1 amide bonds. The molecule has 0 fully saturated rings. The number of hydrogen-bond acceptors (Lipinski definition) is 4. The van der Waals surface area contributed by atoms with Crippen molar-refractivity contribution in [1.82, 2.24) is 5.48 Å². The molecule has 5 nitrogen and oxygen atoms in total. The van der Waals surface area contributed by atoms with Crippen LogP contribution in [0.15, 0.2) is 33.5 Å². The summed E-state index contributed by atoms with van der Waals surface area (Å²) in [4.78, 5) is 22.8. The number of fused-ring (bicyclic) bond motifs is 1. The van der Waals surface area contributed by atoms with Gasteiger partial charge in [-0.05, 0) is 18.6 Å². The second-order valence-electron chi connectivity index (χ2n) is 3.33. The largest absolute Gasteiger partial charge is 0.422 e. The van der Waals surface area contributed by atoms with Crippen LogP contribution in [0.4, 0.5) is 0 Å². The Bertz CT molecular complexity index is 615. The summed E-state index contributed by atoms with van der Waals surface area (Å²) in [5.41, 5.74) is 1.39. The zero-order valence-corrected chi connectivity index (χ0v) is 8.48. The zero-order chi connectivity index (χ0) is 11.7. The predicted octanol–water partition coefficient (Wildman–Crippen LogP) is 1.22. The molecule has 5 heteroatoms. The van der Waals surface area contributed by atoms with E-state index in [2.05, 4.69) is 0 Å². The number of carbonyl (C=O) groups excluding carboxylic acids is 1. The van der Waals surface area contributed by atoms with Crippen LogP contribution in [0.1, 0.15) is 15.9 Å². The van der Waals surface area contributed by atoms with Gasteiger partial charge in [0.2, 0.25) is 0 Å². The lowest BCUT2D eigenvalue weighted by atomic mass is 10.1. The maximum Gasteiger partial charge on any atom is 0.349 e. The summed E-state index contributed by atoms with van der Waals surface area (Å²) >= 11 is 0. The first-order chi connectivity index (χ1) is 7.65. The number of rotatable bonds is 1. The molecule has 1 aromatic carbocycles. The van der Waals surface area contributed by atoms with E-state index in [9.17, 15) is 9.59 Å². The van der Waals surface area contributed by atoms with Crippen molar-refractivity contribution in [2.75, 3.05) is 0 Å².